The maximum Gasteiger partial charge on any atom is 0.309 e. The third-order valence-electron chi connectivity index (χ3n) is 3.00. The third-order valence-corrected chi connectivity index (χ3v) is 3.00. The minimum absolute atomic E-state index is 0.0105. The highest BCUT2D eigenvalue weighted by molar-refractivity contribution is 6.35. The molecule has 2 amide bonds. The molecule has 1 unspecified atom stereocenters. The molecule has 0 aliphatic heterocycles. The highest BCUT2D eigenvalue weighted by atomic mass is 16.5. The highest BCUT2D eigenvalue weighted by Gasteiger charge is 2.24. The van der Waals surface area contributed by atoms with Crippen molar-refractivity contribution in [2.75, 3.05) is 13.7 Å². The third kappa shape index (κ3) is 6.13. The molecule has 0 saturated heterocycles. The Bertz CT molecular complexity index is 509. The van der Waals surface area contributed by atoms with Crippen LogP contribution in [0, 0.1) is 0 Å². The summed E-state index contributed by atoms with van der Waals surface area (Å²) in [4.78, 5) is 23.1. The van der Waals surface area contributed by atoms with E-state index in [-0.39, 0.29) is 12.6 Å². The summed E-state index contributed by atoms with van der Waals surface area (Å²) in [5, 5.41) is 15.3. The Labute approximate surface area is 130 Å². The van der Waals surface area contributed by atoms with Gasteiger partial charge in [0.1, 0.15) is 5.75 Å². The predicted molar refractivity (Wildman–Crippen MR) is 83.6 cm³/mol. The number of ether oxygens (including phenoxy) is 1. The van der Waals surface area contributed by atoms with E-state index in [2.05, 4.69) is 10.6 Å². The summed E-state index contributed by atoms with van der Waals surface area (Å²) in [6, 6.07) is 7.19. The Kier molecular flexibility index (Phi) is 6.37. The van der Waals surface area contributed by atoms with Crippen molar-refractivity contribution >= 4 is 11.8 Å². The van der Waals surface area contributed by atoms with Gasteiger partial charge in [-0.15, -0.1) is 0 Å². The van der Waals surface area contributed by atoms with Crippen LogP contribution in [0.1, 0.15) is 26.3 Å². The number of carbonyl (C=O) groups excluding carboxylic acids is 2. The van der Waals surface area contributed by atoms with Crippen molar-refractivity contribution in [3.05, 3.63) is 29.8 Å². The zero-order valence-corrected chi connectivity index (χ0v) is 13.5. The minimum Gasteiger partial charge on any atom is -0.497 e. The fourth-order valence-corrected chi connectivity index (χ4v) is 1.92. The van der Waals surface area contributed by atoms with E-state index in [1.807, 2.05) is 12.1 Å². The van der Waals surface area contributed by atoms with Crippen molar-refractivity contribution in [1.82, 2.24) is 10.6 Å². The first-order valence-corrected chi connectivity index (χ1v) is 7.17. The molecule has 3 N–H and O–H groups in total. The molecule has 0 fully saturated rings. The molecule has 0 bridgehead atoms. The summed E-state index contributed by atoms with van der Waals surface area (Å²) in [5.41, 5.74) is -0.241. The first-order chi connectivity index (χ1) is 10.2. The lowest BCUT2D eigenvalue weighted by molar-refractivity contribution is -0.140. The molecule has 22 heavy (non-hydrogen) atoms. The molecule has 0 heterocycles. The molecule has 0 radical (unpaired) electrons. The SMILES string of the molecule is COc1ccc(CC(C)(O)CNC(=O)C(=O)NC(C)C)cc1. The fourth-order valence-electron chi connectivity index (χ4n) is 1.92. The van der Waals surface area contributed by atoms with Gasteiger partial charge in [-0.2, -0.15) is 0 Å². The number of benzene rings is 1. The summed E-state index contributed by atoms with van der Waals surface area (Å²) < 4.78 is 5.07. The topological polar surface area (TPSA) is 87.7 Å². The van der Waals surface area contributed by atoms with E-state index in [1.54, 1.807) is 40.0 Å². The summed E-state index contributed by atoms with van der Waals surface area (Å²) in [7, 11) is 1.59. The molecule has 6 heteroatoms. The van der Waals surface area contributed by atoms with Gasteiger partial charge in [-0.05, 0) is 38.5 Å². The fraction of sp³-hybridized carbons (Fsp3) is 0.500. The van der Waals surface area contributed by atoms with E-state index in [9.17, 15) is 14.7 Å². The molecule has 6 nitrogen and oxygen atoms in total. The number of hydrogen-bond acceptors (Lipinski definition) is 4. The van der Waals surface area contributed by atoms with Crippen LogP contribution in [-0.4, -0.2) is 42.2 Å². The molecule has 0 saturated carbocycles. The lowest BCUT2D eigenvalue weighted by Gasteiger charge is -2.24. The lowest BCUT2D eigenvalue weighted by Crippen LogP contribution is -2.48. The van der Waals surface area contributed by atoms with Gasteiger partial charge in [0.15, 0.2) is 0 Å². The van der Waals surface area contributed by atoms with E-state index in [0.717, 1.165) is 11.3 Å². The largest absolute Gasteiger partial charge is 0.497 e. The first kappa shape index (κ1) is 18.0. The normalized spacial score (nSPS) is 13.4. The lowest BCUT2D eigenvalue weighted by atomic mass is 9.96. The average molecular weight is 308 g/mol. The first-order valence-electron chi connectivity index (χ1n) is 7.17. The number of carbonyl (C=O) groups is 2. The Morgan fingerprint density at radius 3 is 2.32 bits per heavy atom. The van der Waals surface area contributed by atoms with Crippen molar-refractivity contribution in [3.8, 4) is 5.75 Å². The van der Waals surface area contributed by atoms with Gasteiger partial charge in [0, 0.05) is 19.0 Å². The van der Waals surface area contributed by atoms with Gasteiger partial charge in [0.25, 0.3) is 0 Å². The van der Waals surface area contributed by atoms with Crippen LogP contribution in [0.2, 0.25) is 0 Å². The molecule has 1 aromatic rings. The Hall–Kier alpha value is -2.08. The number of nitrogens with one attached hydrogen (secondary N) is 2. The van der Waals surface area contributed by atoms with Crippen molar-refractivity contribution < 1.29 is 19.4 Å². The molecule has 0 aromatic heterocycles. The van der Waals surface area contributed by atoms with Crippen molar-refractivity contribution in [1.29, 1.82) is 0 Å². The molecule has 122 valence electrons. The standard InChI is InChI=1S/C16H24N2O4/c1-11(2)18-15(20)14(19)17-10-16(3,21)9-12-5-7-13(22-4)8-6-12/h5-8,11,21H,9-10H2,1-4H3,(H,17,19)(H,18,20). The molecule has 0 spiro atoms. The Morgan fingerprint density at radius 1 is 1.23 bits per heavy atom. The van der Waals surface area contributed by atoms with Gasteiger partial charge in [0.2, 0.25) is 0 Å². The molecular formula is C16H24N2O4. The van der Waals surface area contributed by atoms with Gasteiger partial charge in [-0.25, -0.2) is 0 Å². The van der Waals surface area contributed by atoms with Gasteiger partial charge in [-0.3, -0.25) is 9.59 Å². The average Bonchev–Trinajstić information content (AvgIpc) is 2.44. The van der Waals surface area contributed by atoms with E-state index in [0.29, 0.717) is 6.42 Å². The van der Waals surface area contributed by atoms with Gasteiger partial charge < -0.3 is 20.5 Å². The summed E-state index contributed by atoms with van der Waals surface area (Å²) in [5.74, 6) is -0.707. The van der Waals surface area contributed by atoms with Crippen molar-refractivity contribution in [3.63, 3.8) is 0 Å². The second-order valence-electron chi connectivity index (χ2n) is 5.83. The van der Waals surface area contributed by atoms with Gasteiger partial charge in [-0.1, -0.05) is 12.1 Å². The number of hydrogen-bond donors (Lipinski definition) is 3. The summed E-state index contributed by atoms with van der Waals surface area (Å²) in [6.45, 7) is 5.14. The summed E-state index contributed by atoms with van der Waals surface area (Å²) in [6.07, 6.45) is 0.350. The van der Waals surface area contributed by atoms with Gasteiger partial charge in [0.05, 0.1) is 12.7 Å². The maximum absolute atomic E-state index is 11.6. The van der Waals surface area contributed by atoms with E-state index < -0.39 is 17.4 Å². The monoisotopic (exact) mass is 308 g/mol. The Balaban J connectivity index is 2.52. The van der Waals surface area contributed by atoms with Crippen LogP contribution in [-0.2, 0) is 16.0 Å². The Morgan fingerprint density at radius 2 is 1.82 bits per heavy atom. The van der Waals surface area contributed by atoms with Crippen LogP contribution in [0.3, 0.4) is 0 Å². The highest BCUT2D eigenvalue weighted by Crippen LogP contribution is 2.16. The van der Waals surface area contributed by atoms with E-state index in [4.69, 9.17) is 4.74 Å². The molecule has 1 atom stereocenters. The molecule has 1 aromatic carbocycles. The van der Waals surface area contributed by atoms with Crippen LogP contribution in [0.5, 0.6) is 5.75 Å². The quantitative estimate of drug-likeness (QED) is 0.673. The summed E-state index contributed by atoms with van der Waals surface area (Å²) >= 11 is 0. The van der Waals surface area contributed by atoms with Crippen LogP contribution in [0.25, 0.3) is 0 Å². The van der Waals surface area contributed by atoms with Crippen molar-refractivity contribution in [2.24, 2.45) is 0 Å². The number of amides is 2. The van der Waals surface area contributed by atoms with Crippen LogP contribution < -0.4 is 15.4 Å². The number of rotatable bonds is 6. The maximum atomic E-state index is 11.6. The second kappa shape index (κ2) is 7.79. The molecule has 0 aliphatic rings. The number of methoxy groups -OCH3 is 1. The number of aliphatic hydroxyl groups is 1. The van der Waals surface area contributed by atoms with Crippen LogP contribution in [0.4, 0.5) is 0 Å². The molecular weight excluding hydrogens is 284 g/mol. The van der Waals surface area contributed by atoms with Gasteiger partial charge >= 0.3 is 11.8 Å². The zero-order valence-electron chi connectivity index (χ0n) is 13.5. The second-order valence-corrected chi connectivity index (χ2v) is 5.83. The van der Waals surface area contributed by atoms with Crippen molar-refractivity contribution in [2.45, 2.75) is 38.8 Å². The molecule has 0 aliphatic carbocycles. The van der Waals surface area contributed by atoms with E-state index >= 15 is 0 Å². The smallest absolute Gasteiger partial charge is 0.309 e. The zero-order chi connectivity index (χ0) is 16.8. The predicted octanol–water partition coefficient (Wildman–Crippen LogP) is 0.629. The minimum atomic E-state index is -1.15. The van der Waals surface area contributed by atoms with Crippen LogP contribution >= 0.6 is 0 Å². The van der Waals surface area contributed by atoms with E-state index in [1.165, 1.54) is 0 Å². The molecule has 1 rings (SSSR count). The van der Waals surface area contributed by atoms with Crippen LogP contribution in [0.15, 0.2) is 24.3 Å².